The highest BCUT2D eigenvalue weighted by Gasteiger charge is 2.48. The Kier molecular flexibility index (Phi) is 9.33. The maximum Gasteiger partial charge on any atom is 0.501 e. The maximum absolute atomic E-state index is 13.4. The lowest BCUT2D eigenvalue weighted by atomic mass is 10.1. The SMILES string of the molecule is C[C@@H]1COCCN1CCC(CSc1ccccc1)Nc1ccc(S(N)(=O)=O)cc1S(=O)(=O)C(F)(F)F. The van der Waals surface area contributed by atoms with Gasteiger partial charge in [-0.15, -0.1) is 11.8 Å². The van der Waals surface area contributed by atoms with Crippen molar-refractivity contribution in [2.24, 2.45) is 5.14 Å². The number of sulfonamides is 1. The molecule has 1 aliphatic heterocycles. The van der Waals surface area contributed by atoms with Gasteiger partial charge in [-0.3, -0.25) is 4.90 Å². The van der Waals surface area contributed by atoms with Crippen molar-refractivity contribution in [2.45, 2.75) is 45.6 Å². The normalized spacial score (nSPS) is 18.6. The summed E-state index contributed by atoms with van der Waals surface area (Å²) in [6.07, 6.45) is 0.493. The molecule has 0 aliphatic carbocycles. The van der Waals surface area contributed by atoms with Crippen molar-refractivity contribution < 1.29 is 34.7 Å². The van der Waals surface area contributed by atoms with E-state index in [4.69, 9.17) is 9.88 Å². The molecule has 2 aromatic carbocycles. The van der Waals surface area contributed by atoms with Crippen LogP contribution < -0.4 is 10.5 Å². The van der Waals surface area contributed by atoms with Gasteiger partial charge in [0.1, 0.15) is 4.90 Å². The lowest BCUT2D eigenvalue weighted by Gasteiger charge is -2.34. The van der Waals surface area contributed by atoms with Crippen LogP contribution in [0.25, 0.3) is 0 Å². The molecule has 200 valence electrons. The molecule has 1 saturated heterocycles. The van der Waals surface area contributed by atoms with Gasteiger partial charge < -0.3 is 10.1 Å². The highest BCUT2D eigenvalue weighted by molar-refractivity contribution is 7.99. The number of alkyl halides is 3. The van der Waals surface area contributed by atoms with Crippen molar-refractivity contribution in [3.63, 3.8) is 0 Å². The lowest BCUT2D eigenvalue weighted by Crippen LogP contribution is -2.45. The van der Waals surface area contributed by atoms with Gasteiger partial charge in [0.2, 0.25) is 10.0 Å². The summed E-state index contributed by atoms with van der Waals surface area (Å²) in [5, 5.41) is 7.98. The minimum Gasteiger partial charge on any atom is -0.380 e. The minimum atomic E-state index is -5.86. The number of nitrogens with zero attached hydrogens (tertiary/aromatic N) is 1. The summed E-state index contributed by atoms with van der Waals surface area (Å²) in [5.74, 6) is 0.422. The third kappa shape index (κ3) is 7.35. The number of halogens is 3. The van der Waals surface area contributed by atoms with Crippen LogP contribution >= 0.6 is 11.8 Å². The number of nitrogens with two attached hydrogens (primary N) is 1. The zero-order valence-electron chi connectivity index (χ0n) is 19.4. The lowest BCUT2D eigenvalue weighted by molar-refractivity contribution is -0.0435. The Labute approximate surface area is 213 Å². The van der Waals surface area contributed by atoms with E-state index in [9.17, 15) is 30.0 Å². The van der Waals surface area contributed by atoms with Crippen molar-refractivity contribution in [1.82, 2.24) is 4.90 Å². The molecular formula is C22H28F3N3O5S3. The fourth-order valence-electron chi connectivity index (χ4n) is 3.69. The highest BCUT2D eigenvalue weighted by atomic mass is 32.2. The molecule has 2 atom stereocenters. The van der Waals surface area contributed by atoms with E-state index in [0.717, 1.165) is 17.0 Å². The molecule has 0 spiro atoms. The topological polar surface area (TPSA) is 119 Å². The Morgan fingerprint density at radius 1 is 1.17 bits per heavy atom. The first-order valence-corrected chi connectivity index (χ1v) is 15.0. The molecule has 0 aromatic heterocycles. The summed E-state index contributed by atoms with van der Waals surface area (Å²) in [6, 6.07) is 11.5. The number of ether oxygens (including phenoxy) is 1. The van der Waals surface area contributed by atoms with Crippen LogP contribution in [-0.2, 0) is 24.6 Å². The second kappa shape index (κ2) is 11.7. The number of benzene rings is 2. The number of hydrogen-bond donors (Lipinski definition) is 2. The summed E-state index contributed by atoms with van der Waals surface area (Å²) in [4.78, 5) is 1.23. The molecule has 3 rings (SSSR count). The van der Waals surface area contributed by atoms with E-state index in [0.29, 0.717) is 44.5 Å². The molecule has 36 heavy (non-hydrogen) atoms. The fraction of sp³-hybridized carbons (Fsp3) is 0.455. The largest absolute Gasteiger partial charge is 0.501 e. The van der Waals surface area contributed by atoms with Crippen LogP contribution in [0.2, 0.25) is 0 Å². The molecule has 1 heterocycles. The second-order valence-corrected chi connectivity index (χ2v) is 12.9. The van der Waals surface area contributed by atoms with Crippen molar-refractivity contribution in [2.75, 3.05) is 37.4 Å². The molecule has 3 N–H and O–H groups in total. The molecule has 1 aliphatic rings. The zero-order valence-corrected chi connectivity index (χ0v) is 21.9. The molecule has 2 aromatic rings. The van der Waals surface area contributed by atoms with Gasteiger partial charge >= 0.3 is 5.51 Å². The number of nitrogens with one attached hydrogen (secondary N) is 1. The Bertz CT molecular complexity index is 1240. The standard InChI is InChI=1S/C22H28F3N3O5S3/c1-16-14-33-12-11-28(16)10-9-17(15-34-18-5-3-2-4-6-18)27-20-8-7-19(36(26,31)32)13-21(20)35(29,30)22(23,24)25/h2-8,13,16-17,27H,9-12,14-15H2,1H3,(H2,26,31,32)/t16-,17?/m1/s1. The van der Waals surface area contributed by atoms with Crippen LogP contribution in [0.3, 0.4) is 0 Å². The summed E-state index contributed by atoms with van der Waals surface area (Å²) in [7, 11) is -10.3. The first-order chi connectivity index (χ1) is 16.8. The molecule has 0 bridgehead atoms. The van der Waals surface area contributed by atoms with Gasteiger partial charge in [0.05, 0.1) is 23.8 Å². The number of thioether (sulfide) groups is 1. The molecule has 0 saturated carbocycles. The molecule has 14 heteroatoms. The van der Waals surface area contributed by atoms with Crippen LogP contribution in [0.1, 0.15) is 13.3 Å². The monoisotopic (exact) mass is 567 g/mol. The Morgan fingerprint density at radius 3 is 2.47 bits per heavy atom. The second-order valence-electron chi connectivity index (χ2n) is 8.37. The average Bonchev–Trinajstić information content (AvgIpc) is 2.81. The number of sulfone groups is 1. The summed E-state index contributed by atoms with van der Waals surface area (Å²) in [6.45, 7) is 4.47. The quantitative estimate of drug-likeness (QED) is 0.420. The van der Waals surface area contributed by atoms with Gasteiger partial charge in [-0.1, -0.05) is 18.2 Å². The van der Waals surface area contributed by atoms with Gasteiger partial charge in [0, 0.05) is 35.8 Å². The Hall–Kier alpha value is -1.84. The Morgan fingerprint density at radius 2 is 1.86 bits per heavy atom. The number of primary sulfonamides is 1. The van der Waals surface area contributed by atoms with Crippen LogP contribution in [0.15, 0.2) is 63.2 Å². The van der Waals surface area contributed by atoms with Crippen molar-refractivity contribution in [3.05, 3.63) is 48.5 Å². The van der Waals surface area contributed by atoms with E-state index in [1.807, 2.05) is 37.3 Å². The zero-order chi connectivity index (χ0) is 26.6. The van der Waals surface area contributed by atoms with E-state index in [1.54, 1.807) is 0 Å². The van der Waals surface area contributed by atoms with Crippen LogP contribution in [0.5, 0.6) is 0 Å². The Balaban J connectivity index is 1.92. The molecule has 1 unspecified atom stereocenters. The average molecular weight is 568 g/mol. The van der Waals surface area contributed by atoms with Crippen molar-refractivity contribution in [3.8, 4) is 0 Å². The fourth-order valence-corrected chi connectivity index (χ4v) is 6.25. The van der Waals surface area contributed by atoms with Gasteiger partial charge in [0.15, 0.2) is 0 Å². The molecule has 8 nitrogen and oxygen atoms in total. The van der Waals surface area contributed by atoms with Gasteiger partial charge in [-0.05, 0) is 43.7 Å². The van der Waals surface area contributed by atoms with Crippen LogP contribution in [-0.4, -0.2) is 71.4 Å². The number of anilines is 1. The predicted octanol–water partition coefficient (Wildman–Crippen LogP) is 3.31. The maximum atomic E-state index is 13.4. The van der Waals surface area contributed by atoms with Crippen molar-refractivity contribution in [1.29, 1.82) is 0 Å². The number of rotatable bonds is 10. The summed E-state index contributed by atoms with van der Waals surface area (Å²) in [5.41, 5.74) is -5.97. The van der Waals surface area contributed by atoms with Gasteiger partial charge in [-0.25, -0.2) is 22.0 Å². The van der Waals surface area contributed by atoms with E-state index < -0.39 is 41.2 Å². The van der Waals surface area contributed by atoms with E-state index >= 15 is 0 Å². The van der Waals surface area contributed by atoms with Crippen LogP contribution in [0.4, 0.5) is 18.9 Å². The van der Waals surface area contributed by atoms with Crippen LogP contribution in [0, 0.1) is 0 Å². The van der Waals surface area contributed by atoms with Crippen molar-refractivity contribution >= 4 is 37.3 Å². The van der Waals surface area contributed by atoms with E-state index in [1.165, 1.54) is 11.8 Å². The molecular weight excluding hydrogens is 539 g/mol. The molecule has 0 radical (unpaired) electrons. The summed E-state index contributed by atoms with van der Waals surface area (Å²) >= 11 is 1.47. The first-order valence-electron chi connectivity index (χ1n) is 11.0. The number of hydrogen-bond acceptors (Lipinski definition) is 8. The third-order valence-corrected chi connectivity index (χ3v) is 9.31. The molecule has 0 amide bonds. The smallest absolute Gasteiger partial charge is 0.380 e. The highest BCUT2D eigenvalue weighted by Crippen LogP contribution is 2.36. The number of morpholine rings is 1. The first kappa shape index (κ1) is 28.7. The van der Waals surface area contributed by atoms with Gasteiger partial charge in [-0.2, -0.15) is 13.2 Å². The molecule has 1 fully saturated rings. The predicted molar refractivity (Wildman–Crippen MR) is 132 cm³/mol. The van der Waals surface area contributed by atoms with E-state index in [-0.39, 0.29) is 11.7 Å². The minimum absolute atomic E-state index is 0.163. The van der Waals surface area contributed by atoms with E-state index in [2.05, 4.69) is 10.2 Å². The summed E-state index contributed by atoms with van der Waals surface area (Å²) < 4.78 is 93.9. The third-order valence-electron chi connectivity index (χ3n) is 5.70. The van der Waals surface area contributed by atoms with Gasteiger partial charge in [0.25, 0.3) is 9.84 Å².